The van der Waals surface area contributed by atoms with Gasteiger partial charge in [-0.05, 0) is 70.8 Å². The summed E-state index contributed by atoms with van der Waals surface area (Å²) in [7, 11) is 0. The Labute approximate surface area is 226 Å². The summed E-state index contributed by atoms with van der Waals surface area (Å²) in [6.07, 6.45) is 4.52. The molecular weight excluding hydrogens is 496 g/mol. The Balaban J connectivity index is 1.43. The van der Waals surface area contributed by atoms with Crippen molar-refractivity contribution in [2.75, 3.05) is 0 Å². The van der Waals surface area contributed by atoms with E-state index in [4.69, 9.17) is 4.74 Å². The van der Waals surface area contributed by atoms with Crippen LogP contribution in [-0.2, 0) is 5.66 Å². The Hall–Kier alpha value is -4.80. The lowest BCUT2D eigenvalue weighted by Crippen LogP contribution is -2.71. The average Bonchev–Trinajstić information content (AvgIpc) is 3.61. The van der Waals surface area contributed by atoms with Crippen LogP contribution >= 0.6 is 11.3 Å². The first-order valence-corrected chi connectivity index (χ1v) is 14.2. The zero-order chi connectivity index (χ0) is 25.0. The highest BCUT2D eigenvalue weighted by atomic mass is 32.1. The molecular formula is C35H18N2OS+2. The zero-order valence-electron chi connectivity index (χ0n) is 20.6. The summed E-state index contributed by atoms with van der Waals surface area (Å²) in [6, 6.07) is 35.7. The Morgan fingerprint density at radius 1 is 0.564 bits per heavy atom. The SMILES string of the molecule is c1cc2c3c(c1)-c1cccc[n+]1C31c3c(ccc4c5cc6c(cc5c5ccc[n+]1c5c34)sc1ccccc16)O2. The molecule has 0 aliphatic carbocycles. The minimum Gasteiger partial charge on any atom is -0.456 e. The molecule has 3 aromatic heterocycles. The minimum atomic E-state index is -0.515. The van der Waals surface area contributed by atoms with Crippen LogP contribution in [0.15, 0.2) is 109 Å². The summed E-state index contributed by atoms with van der Waals surface area (Å²) in [5.74, 6) is 1.89. The van der Waals surface area contributed by atoms with E-state index in [1.54, 1.807) is 0 Å². The third-order valence-electron chi connectivity index (χ3n) is 9.27. The van der Waals surface area contributed by atoms with Gasteiger partial charge in [-0.2, -0.15) is 0 Å². The van der Waals surface area contributed by atoms with Crippen LogP contribution in [0.3, 0.4) is 0 Å². The molecule has 6 heterocycles. The van der Waals surface area contributed by atoms with Gasteiger partial charge >= 0.3 is 5.66 Å². The van der Waals surface area contributed by atoms with Gasteiger partial charge in [-0.3, -0.25) is 0 Å². The normalized spacial score (nSPS) is 17.5. The molecule has 0 saturated carbocycles. The van der Waals surface area contributed by atoms with Crippen molar-refractivity contribution in [2.24, 2.45) is 0 Å². The standard InChI is InChI=1S/C35H18N2OS/c1-2-12-29-19(7-1)25-17-23-20-13-14-28-33-31(20)34-21(24(23)18-30(25)39-29)9-6-16-37(34)35(33)32-22(8-5-11-27(32)38-28)26-10-3-4-15-36(26)35/h1-18H/q+2. The molecule has 0 fully saturated rings. The minimum absolute atomic E-state index is 0.515. The highest BCUT2D eigenvalue weighted by molar-refractivity contribution is 7.25. The van der Waals surface area contributed by atoms with E-state index in [2.05, 4.69) is 119 Å². The van der Waals surface area contributed by atoms with Crippen molar-refractivity contribution in [1.29, 1.82) is 0 Å². The summed E-state index contributed by atoms with van der Waals surface area (Å²) in [6.45, 7) is 0. The third kappa shape index (κ3) is 1.91. The molecule has 8 aromatic rings. The topological polar surface area (TPSA) is 17.0 Å². The van der Waals surface area contributed by atoms with E-state index in [1.807, 2.05) is 11.3 Å². The Bertz CT molecular complexity index is 2490. The molecule has 0 bridgehead atoms. The van der Waals surface area contributed by atoms with Crippen molar-refractivity contribution in [2.45, 2.75) is 5.66 Å². The maximum absolute atomic E-state index is 6.71. The summed E-state index contributed by atoms with van der Waals surface area (Å²) in [4.78, 5) is 0. The summed E-state index contributed by atoms with van der Waals surface area (Å²) < 4.78 is 14.4. The van der Waals surface area contributed by atoms with Gasteiger partial charge in [-0.25, -0.2) is 0 Å². The van der Waals surface area contributed by atoms with E-state index in [0.717, 1.165) is 11.5 Å². The number of hydrogen-bond acceptors (Lipinski definition) is 2. The number of thiophene rings is 1. The van der Waals surface area contributed by atoms with Crippen molar-refractivity contribution in [3.8, 4) is 22.8 Å². The summed E-state index contributed by atoms with van der Waals surface area (Å²) >= 11 is 1.89. The molecule has 1 unspecified atom stereocenters. The van der Waals surface area contributed by atoms with E-state index in [1.165, 1.54) is 75.0 Å². The number of pyridine rings is 2. The van der Waals surface area contributed by atoms with Crippen molar-refractivity contribution >= 4 is 64.0 Å². The number of nitrogens with zero attached hydrogens (tertiary/aromatic N) is 2. The lowest BCUT2D eigenvalue weighted by molar-refractivity contribution is -0.950. The van der Waals surface area contributed by atoms with Gasteiger partial charge in [0.25, 0.3) is 0 Å². The van der Waals surface area contributed by atoms with Gasteiger partial charge in [-0.15, -0.1) is 20.5 Å². The Kier molecular flexibility index (Phi) is 3.01. The maximum atomic E-state index is 6.71. The van der Waals surface area contributed by atoms with E-state index >= 15 is 0 Å². The number of rotatable bonds is 0. The smallest absolute Gasteiger partial charge is 0.425 e. The number of aromatic nitrogens is 2. The molecule has 3 aliphatic heterocycles. The Morgan fingerprint density at radius 2 is 1.41 bits per heavy atom. The molecule has 5 aromatic carbocycles. The second-order valence-electron chi connectivity index (χ2n) is 10.9. The summed E-state index contributed by atoms with van der Waals surface area (Å²) in [5.41, 5.74) is 5.72. The molecule has 3 nitrogen and oxygen atoms in total. The van der Waals surface area contributed by atoms with Crippen molar-refractivity contribution in [3.63, 3.8) is 0 Å². The van der Waals surface area contributed by atoms with Crippen molar-refractivity contribution in [3.05, 3.63) is 121 Å². The Morgan fingerprint density at radius 3 is 2.41 bits per heavy atom. The largest absolute Gasteiger partial charge is 0.456 e. The van der Waals surface area contributed by atoms with Crippen molar-refractivity contribution < 1.29 is 13.9 Å². The number of benzene rings is 5. The van der Waals surface area contributed by atoms with Gasteiger partial charge in [0.15, 0.2) is 23.5 Å². The van der Waals surface area contributed by atoms with E-state index < -0.39 is 5.66 Å². The highest BCUT2D eigenvalue weighted by Crippen LogP contribution is 2.58. The van der Waals surface area contributed by atoms with Gasteiger partial charge in [0.1, 0.15) is 11.5 Å². The molecule has 0 N–H and O–H groups in total. The van der Waals surface area contributed by atoms with Crippen LogP contribution in [0.5, 0.6) is 11.5 Å². The van der Waals surface area contributed by atoms with Crippen LogP contribution in [0.4, 0.5) is 0 Å². The van der Waals surface area contributed by atoms with Gasteiger partial charge in [0.2, 0.25) is 11.2 Å². The third-order valence-corrected chi connectivity index (χ3v) is 10.4. The fourth-order valence-corrected chi connectivity index (χ4v) is 9.06. The lowest BCUT2D eigenvalue weighted by atomic mass is 9.85. The predicted octanol–water partition coefficient (Wildman–Crippen LogP) is 7.79. The maximum Gasteiger partial charge on any atom is 0.425 e. The first-order chi connectivity index (χ1) is 19.3. The van der Waals surface area contributed by atoms with Crippen LogP contribution in [0.25, 0.3) is 63.9 Å². The van der Waals surface area contributed by atoms with Crippen LogP contribution in [-0.4, -0.2) is 0 Å². The van der Waals surface area contributed by atoms with Gasteiger partial charge in [0.05, 0.1) is 16.3 Å². The van der Waals surface area contributed by atoms with Crippen LogP contribution < -0.4 is 13.9 Å². The van der Waals surface area contributed by atoms with E-state index in [9.17, 15) is 0 Å². The summed E-state index contributed by atoms with van der Waals surface area (Å²) in [5, 5.41) is 9.18. The highest BCUT2D eigenvalue weighted by Gasteiger charge is 2.70. The molecule has 0 amide bonds. The average molecular weight is 515 g/mol. The van der Waals surface area contributed by atoms with E-state index in [-0.39, 0.29) is 0 Å². The van der Waals surface area contributed by atoms with E-state index in [0.29, 0.717) is 0 Å². The molecule has 4 heteroatoms. The molecule has 1 atom stereocenters. The predicted molar refractivity (Wildman–Crippen MR) is 156 cm³/mol. The fraction of sp³-hybridized carbons (Fsp3) is 0.0286. The molecule has 178 valence electrons. The second kappa shape index (κ2) is 6.09. The number of ether oxygens (including phenoxy) is 1. The van der Waals surface area contributed by atoms with Gasteiger partial charge in [-0.1, -0.05) is 24.3 Å². The number of fused-ring (bicyclic) bond motifs is 8. The molecule has 39 heavy (non-hydrogen) atoms. The van der Waals surface area contributed by atoms with Gasteiger partial charge < -0.3 is 4.74 Å². The number of hydrogen-bond donors (Lipinski definition) is 0. The first-order valence-electron chi connectivity index (χ1n) is 13.4. The quantitative estimate of drug-likeness (QED) is 0.149. The van der Waals surface area contributed by atoms with Crippen LogP contribution in [0.2, 0.25) is 0 Å². The fourth-order valence-electron chi connectivity index (χ4n) is 7.93. The zero-order valence-corrected chi connectivity index (χ0v) is 21.4. The molecule has 11 rings (SSSR count). The van der Waals surface area contributed by atoms with Crippen LogP contribution in [0, 0.1) is 0 Å². The van der Waals surface area contributed by atoms with Crippen molar-refractivity contribution in [1.82, 2.24) is 0 Å². The monoisotopic (exact) mass is 514 g/mol. The van der Waals surface area contributed by atoms with Gasteiger partial charge in [0, 0.05) is 38.4 Å². The molecule has 1 spiro atoms. The lowest BCUT2D eigenvalue weighted by Gasteiger charge is -2.25. The molecule has 0 radical (unpaired) electrons. The molecule has 0 saturated heterocycles. The second-order valence-corrected chi connectivity index (χ2v) is 12.0. The molecule has 3 aliphatic rings. The first kappa shape index (κ1) is 19.3. The van der Waals surface area contributed by atoms with Crippen LogP contribution in [0.1, 0.15) is 11.1 Å².